The normalized spacial score (nSPS) is 22.9. The third kappa shape index (κ3) is 2.01. The van der Waals surface area contributed by atoms with Gasteiger partial charge in [0.15, 0.2) is 0 Å². The molecule has 106 valence electrons. The van der Waals surface area contributed by atoms with Gasteiger partial charge >= 0.3 is 7.12 Å². The predicted octanol–water partition coefficient (Wildman–Crippen LogP) is 3.14. The van der Waals surface area contributed by atoms with Crippen LogP contribution in [-0.2, 0) is 15.9 Å². The molecular formula is C14H16BCl2NO2. The van der Waals surface area contributed by atoms with Crippen LogP contribution in [-0.4, -0.2) is 23.5 Å². The van der Waals surface area contributed by atoms with Crippen LogP contribution in [0.15, 0.2) is 17.1 Å². The molecule has 3 rings (SSSR count). The average molecular weight is 312 g/mol. The molecule has 0 saturated carbocycles. The molecule has 2 aliphatic rings. The fourth-order valence-corrected chi connectivity index (χ4v) is 3.06. The van der Waals surface area contributed by atoms with E-state index in [-0.39, 0.29) is 0 Å². The number of nitrogens with zero attached hydrogens (tertiary/aromatic N) is 1. The average Bonchev–Trinajstić information content (AvgIpc) is 2.79. The fraction of sp³-hybridized carbons (Fsp3) is 0.500. The van der Waals surface area contributed by atoms with Crippen molar-refractivity contribution in [2.24, 2.45) is 4.99 Å². The molecule has 3 nitrogen and oxygen atoms in total. The van der Waals surface area contributed by atoms with Gasteiger partial charge in [0, 0.05) is 11.0 Å². The lowest BCUT2D eigenvalue weighted by atomic mass is 9.77. The molecule has 0 aliphatic carbocycles. The number of fused-ring (bicyclic) bond motifs is 1. The SMILES string of the molecule is CC1(C)OB(c2ccc3c(c2Cl)C(Cl)=NC3)OC1(C)C. The molecule has 2 aliphatic heterocycles. The molecule has 1 fully saturated rings. The summed E-state index contributed by atoms with van der Waals surface area (Å²) < 4.78 is 12.1. The van der Waals surface area contributed by atoms with E-state index in [1.807, 2.05) is 39.8 Å². The first-order valence-corrected chi connectivity index (χ1v) is 7.36. The van der Waals surface area contributed by atoms with Crippen molar-refractivity contribution >= 4 is 41.0 Å². The van der Waals surface area contributed by atoms with Crippen molar-refractivity contribution in [3.63, 3.8) is 0 Å². The van der Waals surface area contributed by atoms with E-state index >= 15 is 0 Å². The topological polar surface area (TPSA) is 30.8 Å². The Morgan fingerprint density at radius 1 is 1.10 bits per heavy atom. The maximum absolute atomic E-state index is 6.49. The summed E-state index contributed by atoms with van der Waals surface area (Å²) >= 11 is 12.6. The standard InChI is InChI=1S/C14H16BCl2NO2/c1-13(2)14(3,4)20-15(19-13)9-6-5-8-7-18-12(17)10(8)11(9)16/h5-6H,7H2,1-4H3. The minimum atomic E-state index is -0.483. The molecule has 0 spiro atoms. The van der Waals surface area contributed by atoms with Gasteiger partial charge in [-0.05, 0) is 33.3 Å². The summed E-state index contributed by atoms with van der Waals surface area (Å²) in [5.41, 5.74) is 1.87. The van der Waals surface area contributed by atoms with Crippen LogP contribution in [0, 0.1) is 0 Å². The van der Waals surface area contributed by atoms with Gasteiger partial charge in [-0.15, -0.1) is 0 Å². The first kappa shape index (κ1) is 14.4. The van der Waals surface area contributed by atoms with Crippen molar-refractivity contribution in [3.8, 4) is 0 Å². The molecule has 1 saturated heterocycles. The van der Waals surface area contributed by atoms with E-state index < -0.39 is 18.3 Å². The van der Waals surface area contributed by atoms with Crippen molar-refractivity contribution in [3.05, 3.63) is 28.3 Å². The Kier molecular flexibility index (Phi) is 3.22. The lowest BCUT2D eigenvalue weighted by molar-refractivity contribution is 0.00578. The molecule has 20 heavy (non-hydrogen) atoms. The zero-order valence-electron chi connectivity index (χ0n) is 12.0. The van der Waals surface area contributed by atoms with E-state index in [4.69, 9.17) is 32.5 Å². The maximum Gasteiger partial charge on any atom is 0.496 e. The van der Waals surface area contributed by atoms with Crippen molar-refractivity contribution in [2.45, 2.75) is 45.4 Å². The maximum atomic E-state index is 6.49. The van der Waals surface area contributed by atoms with Crippen LogP contribution in [0.4, 0.5) is 0 Å². The van der Waals surface area contributed by atoms with E-state index in [2.05, 4.69) is 4.99 Å². The van der Waals surface area contributed by atoms with E-state index in [0.29, 0.717) is 16.7 Å². The Balaban J connectivity index is 2.02. The molecule has 0 atom stereocenters. The smallest absolute Gasteiger partial charge is 0.399 e. The summed E-state index contributed by atoms with van der Waals surface area (Å²) in [6.07, 6.45) is 0. The second kappa shape index (κ2) is 4.47. The van der Waals surface area contributed by atoms with Crippen molar-refractivity contribution < 1.29 is 9.31 Å². The molecule has 0 amide bonds. The van der Waals surface area contributed by atoms with Crippen LogP contribution in [0.1, 0.15) is 38.8 Å². The summed E-state index contributed by atoms with van der Waals surface area (Å²) in [7, 11) is -0.483. The highest BCUT2D eigenvalue weighted by atomic mass is 35.5. The second-order valence-electron chi connectivity index (χ2n) is 6.20. The van der Waals surface area contributed by atoms with Crippen LogP contribution in [0.5, 0.6) is 0 Å². The third-order valence-electron chi connectivity index (χ3n) is 4.36. The summed E-state index contributed by atoms with van der Waals surface area (Å²) in [5.74, 6) is 0. The summed E-state index contributed by atoms with van der Waals surface area (Å²) in [6, 6.07) is 3.93. The van der Waals surface area contributed by atoms with E-state index in [1.165, 1.54) is 0 Å². The summed E-state index contributed by atoms with van der Waals surface area (Å²) in [6.45, 7) is 8.65. The molecule has 0 unspecified atom stereocenters. The molecule has 6 heteroatoms. The van der Waals surface area contributed by atoms with Crippen molar-refractivity contribution in [1.29, 1.82) is 0 Å². The minimum Gasteiger partial charge on any atom is -0.399 e. The Bertz CT molecular complexity index is 597. The van der Waals surface area contributed by atoms with Gasteiger partial charge in [0.2, 0.25) is 0 Å². The van der Waals surface area contributed by atoms with Gasteiger partial charge in [-0.25, -0.2) is 0 Å². The molecule has 0 N–H and O–H groups in total. The highest BCUT2D eigenvalue weighted by Crippen LogP contribution is 2.38. The van der Waals surface area contributed by atoms with Crippen LogP contribution in [0.25, 0.3) is 0 Å². The molecule has 1 aromatic carbocycles. The number of hydrogen-bond acceptors (Lipinski definition) is 3. The monoisotopic (exact) mass is 311 g/mol. The van der Waals surface area contributed by atoms with E-state index in [1.54, 1.807) is 0 Å². The number of benzene rings is 1. The van der Waals surface area contributed by atoms with Gasteiger partial charge in [0.1, 0.15) is 5.17 Å². The van der Waals surface area contributed by atoms with Gasteiger partial charge in [-0.1, -0.05) is 35.3 Å². The molecule has 0 aromatic heterocycles. The van der Waals surface area contributed by atoms with E-state index in [0.717, 1.165) is 16.6 Å². The fourth-order valence-electron chi connectivity index (χ4n) is 2.37. The van der Waals surface area contributed by atoms with Crippen molar-refractivity contribution in [1.82, 2.24) is 0 Å². The zero-order chi connectivity index (χ0) is 14.7. The Morgan fingerprint density at radius 2 is 1.70 bits per heavy atom. The second-order valence-corrected chi connectivity index (χ2v) is 6.93. The van der Waals surface area contributed by atoms with Gasteiger partial charge in [0.25, 0.3) is 0 Å². The van der Waals surface area contributed by atoms with Crippen LogP contribution in [0.2, 0.25) is 5.02 Å². The largest absolute Gasteiger partial charge is 0.496 e. The number of aliphatic imine (C=N–C) groups is 1. The predicted molar refractivity (Wildman–Crippen MR) is 83.3 cm³/mol. The van der Waals surface area contributed by atoms with Gasteiger partial charge in [0.05, 0.1) is 22.8 Å². The Labute approximate surface area is 129 Å². The van der Waals surface area contributed by atoms with Gasteiger partial charge < -0.3 is 9.31 Å². The van der Waals surface area contributed by atoms with Crippen LogP contribution >= 0.6 is 23.2 Å². The molecule has 0 radical (unpaired) electrons. The number of hydrogen-bond donors (Lipinski definition) is 0. The summed E-state index contributed by atoms with van der Waals surface area (Å²) in [5, 5.41) is 1.04. The van der Waals surface area contributed by atoms with Gasteiger partial charge in [-0.3, -0.25) is 4.99 Å². The minimum absolute atomic E-state index is 0.391. The Hall–Kier alpha value is -0.545. The zero-order valence-corrected chi connectivity index (χ0v) is 13.5. The van der Waals surface area contributed by atoms with Crippen LogP contribution in [0.3, 0.4) is 0 Å². The first-order chi connectivity index (χ1) is 9.23. The first-order valence-electron chi connectivity index (χ1n) is 6.60. The van der Waals surface area contributed by atoms with Crippen molar-refractivity contribution in [2.75, 3.05) is 0 Å². The molecule has 2 heterocycles. The van der Waals surface area contributed by atoms with E-state index in [9.17, 15) is 0 Å². The Morgan fingerprint density at radius 3 is 2.30 bits per heavy atom. The van der Waals surface area contributed by atoms with Gasteiger partial charge in [-0.2, -0.15) is 0 Å². The highest BCUT2D eigenvalue weighted by molar-refractivity contribution is 6.73. The lowest BCUT2D eigenvalue weighted by Crippen LogP contribution is -2.41. The number of halogens is 2. The molecule has 1 aromatic rings. The molecule has 0 bridgehead atoms. The van der Waals surface area contributed by atoms with Crippen LogP contribution < -0.4 is 5.46 Å². The molecular weight excluding hydrogens is 296 g/mol. The lowest BCUT2D eigenvalue weighted by Gasteiger charge is -2.32. The highest BCUT2D eigenvalue weighted by Gasteiger charge is 2.52. The summed E-state index contributed by atoms with van der Waals surface area (Å²) in [4.78, 5) is 4.21. The third-order valence-corrected chi connectivity index (χ3v) is 5.08. The quantitative estimate of drug-likeness (QED) is 0.746. The number of rotatable bonds is 1.